The van der Waals surface area contributed by atoms with Gasteiger partial charge < -0.3 is 15.3 Å². The van der Waals surface area contributed by atoms with E-state index in [0.717, 1.165) is 11.5 Å². The first-order valence-corrected chi connectivity index (χ1v) is 9.18. The van der Waals surface area contributed by atoms with Crippen LogP contribution in [0.15, 0.2) is 20.9 Å². The van der Waals surface area contributed by atoms with Gasteiger partial charge in [-0.3, -0.25) is 4.79 Å². The Hall–Kier alpha value is -1.68. The van der Waals surface area contributed by atoms with Crippen molar-refractivity contribution in [2.24, 2.45) is 0 Å². The molecule has 0 bridgehead atoms. The van der Waals surface area contributed by atoms with Gasteiger partial charge in [-0.2, -0.15) is 0 Å². The van der Waals surface area contributed by atoms with Crippen molar-refractivity contribution in [1.29, 1.82) is 0 Å². The number of carbonyl (C=O) groups is 1. The zero-order valence-electron chi connectivity index (χ0n) is 13.4. The Morgan fingerprint density at radius 1 is 1.30 bits per heavy atom. The van der Waals surface area contributed by atoms with E-state index >= 15 is 0 Å². The van der Waals surface area contributed by atoms with E-state index in [0.29, 0.717) is 34.9 Å². The average molecular weight is 356 g/mol. The fourth-order valence-electron chi connectivity index (χ4n) is 1.87. The second-order valence-corrected chi connectivity index (χ2v) is 6.60. The molecule has 0 radical (unpaired) electrons. The fraction of sp³-hybridized carbons (Fsp3) is 0.538. The Bertz CT molecular complexity index is 653. The third-order valence-electron chi connectivity index (χ3n) is 3.09. The summed E-state index contributed by atoms with van der Waals surface area (Å²) < 4.78 is 6.54. The molecule has 8 nitrogen and oxygen atoms in total. The lowest BCUT2D eigenvalue weighted by Gasteiger charge is -2.17. The van der Waals surface area contributed by atoms with Gasteiger partial charge in [0.1, 0.15) is 5.76 Å². The van der Waals surface area contributed by atoms with Gasteiger partial charge in [0, 0.05) is 19.2 Å². The maximum atomic E-state index is 12.0. The second kappa shape index (κ2) is 8.25. The van der Waals surface area contributed by atoms with Crippen molar-refractivity contribution in [3.63, 3.8) is 0 Å². The number of aryl methyl sites for hydroxylation is 1. The largest absolute Gasteiger partial charge is 0.360 e. The Kier molecular flexibility index (Phi) is 6.34. The Labute approximate surface area is 143 Å². The van der Waals surface area contributed by atoms with E-state index in [4.69, 9.17) is 10.4 Å². The molecule has 2 aromatic heterocycles. The van der Waals surface area contributed by atoms with Crippen molar-refractivity contribution >= 4 is 29.4 Å². The van der Waals surface area contributed by atoms with Crippen LogP contribution in [0.5, 0.6) is 0 Å². The third kappa shape index (κ3) is 4.64. The van der Waals surface area contributed by atoms with E-state index in [1.807, 2.05) is 26.8 Å². The summed E-state index contributed by atoms with van der Waals surface area (Å²) in [6.45, 7) is 7.17. The number of carbonyl (C=O) groups excluding carboxylic acids is 1. The first-order valence-electron chi connectivity index (χ1n) is 7.21. The van der Waals surface area contributed by atoms with E-state index in [1.54, 1.807) is 4.90 Å². The van der Waals surface area contributed by atoms with Crippen LogP contribution in [0.3, 0.4) is 0 Å². The van der Waals surface area contributed by atoms with Crippen molar-refractivity contribution in [2.75, 3.05) is 24.7 Å². The number of hydrogen-bond acceptors (Lipinski definition) is 8. The standard InChI is InChI=1S/C13H20N6O2S2/c1-4-18(5-2)11(20)8-23-13-16-15-12(19(13)14)22-7-10-6-9(3)17-21-10/h6H,4-5,7-8,14H2,1-3H3. The Morgan fingerprint density at radius 2 is 1.96 bits per heavy atom. The number of hydrogen-bond donors (Lipinski definition) is 1. The molecular formula is C13H20N6O2S2. The van der Waals surface area contributed by atoms with Crippen LogP contribution in [-0.4, -0.2) is 49.7 Å². The van der Waals surface area contributed by atoms with Crippen LogP contribution in [0.25, 0.3) is 0 Å². The summed E-state index contributed by atoms with van der Waals surface area (Å²) in [6.07, 6.45) is 0. The van der Waals surface area contributed by atoms with E-state index < -0.39 is 0 Å². The highest BCUT2D eigenvalue weighted by atomic mass is 32.2. The number of nitrogen functional groups attached to an aromatic ring is 1. The van der Waals surface area contributed by atoms with Gasteiger partial charge in [0.05, 0.1) is 17.2 Å². The molecule has 2 aromatic rings. The van der Waals surface area contributed by atoms with Crippen LogP contribution in [0.2, 0.25) is 0 Å². The molecule has 0 aliphatic rings. The Balaban J connectivity index is 1.90. The normalized spacial score (nSPS) is 10.9. The van der Waals surface area contributed by atoms with Crippen LogP contribution in [0.1, 0.15) is 25.3 Å². The number of thioether (sulfide) groups is 2. The van der Waals surface area contributed by atoms with Crippen molar-refractivity contribution in [3.8, 4) is 0 Å². The molecule has 0 fully saturated rings. The Morgan fingerprint density at radius 3 is 2.52 bits per heavy atom. The first-order chi connectivity index (χ1) is 11.0. The van der Waals surface area contributed by atoms with Gasteiger partial charge in [-0.15, -0.1) is 10.2 Å². The van der Waals surface area contributed by atoms with Gasteiger partial charge in [0.2, 0.25) is 16.2 Å². The molecule has 0 aliphatic carbocycles. The third-order valence-corrected chi connectivity index (χ3v) is 4.99. The van der Waals surface area contributed by atoms with Gasteiger partial charge in [-0.25, -0.2) is 4.68 Å². The SMILES string of the molecule is CCN(CC)C(=O)CSc1nnc(SCc2cc(C)no2)n1N. The molecule has 1 amide bonds. The highest BCUT2D eigenvalue weighted by Crippen LogP contribution is 2.24. The molecule has 0 saturated carbocycles. The maximum absolute atomic E-state index is 12.0. The number of amides is 1. The van der Waals surface area contributed by atoms with Crippen LogP contribution >= 0.6 is 23.5 Å². The molecule has 10 heteroatoms. The minimum absolute atomic E-state index is 0.0642. The van der Waals surface area contributed by atoms with Crippen LogP contribution < -0.4 is 5.84 Å². The summed E-state index contributed by atoms with van der Waals surface area (Å²) in [5.74, 6) is 7.66. The predicted molar refractivity (Wildman–Crippen MR) is 89.6 cm³/mol. The van der Waals surface area contributed by atoms with Gasteiger partial charge in [0.25, 0.3) is 0 Å². The van der Waals surface area contributed by atoms with E-state index in [1.165, 1.54) is 28.2 Å². The summed E-state index contributed by atoms with van der Waals surface area (Å²) in [5, 5.41) is 13.0. The van der Waals surface area contributed by atoms with Crippen molar-refractivity contribution in [2.45, 2.75) is 36.8 Å². The predicted octanol–water partition coefficient (Wildman–Crippen LogP) is 1.54. The molecule has 23 heavy (non-hydrogen) atoms. The highest BCUT2D eigenvalue weighted by molar-refractivity contribution is 8.00. The molecular weight excluding hydrogens is 336 g/mol. The van der Waals surface area contributed by atoms with Crippen LogP contribution in [0.4, 0.5) is 0 Å². The number of aromatic nitrogens is 4. The lowest BCUT2D eigenvalue weighted by Crippen LogP contribution is -2.32. The quantitative estimate of drug-likeness (QED) is 0.561. The van der Waals surface area contributed by atoms with Gasteiger partial charge >= 0.3 is 0 Å². The molecule has 0 aromatic carbocycles. The van der Waals surface area contributed by atoms with Crippen LogP contribution in [-0.2, 0) is 10.5 Å². The summed E-state index contributed by atoms with van der Waals surface area (Å²) in [6, 6.07) is 1.86. The molecule has 0 atom stereocenters. The number of rotatable bonds is 8. The van der Waals surface area contributed by atoms with Gasteiger partial charge in [0.15, 0.2) is 0 Å². The topological polar surface area (TPSA) is 103 Å². The molecule has 0 aliphatic heterocycles. The van der Waals surface area contributed by atoms with E-state index in [2.05, 4.69) is 15.4 Å². The first kappa shape index (κ1) is 17.7. The van der Waals surface area contributed by atoms with Crippen molar-refractivity contribution in [1.82, 2.24) is 24.9 Å². The fourth-order valence-corrected chi connectivity index (χ4v) is 3.42. The van der Waals surface area contributed by atoms with Crippen molar-refractivity contribution < 1.29 is 9.32 Å². The zero-order chi connectivity index (χ0) is 16.8. The molecule has 0 spiro atoms. The van der Waals surface area contributed by atoms with Gasteiger partial charge in [-0.05, 0) is 20.8 Å². The summed E-state index contributed by atoms with van der Waals surface area (Å²) >= 11 is 2.69. The molecule has 2 N–H and O–H groups in total. The van der Waals surface area contributed by atoms with Crippen LogP contribution in [0, 0.1) is 6.92 Å². The average Bonchev–Trinajstić information content (AvgIpc) is 3.10. The monoisotopic (exact) mass is 356 g/mol. The minimum Gasteiger partial charge on any atom is -0.360 e. The minimum atomic E-state index is 0.0642. The lowest BCUT2D eigenvalue weighted by molar-refractivity contribution is -0.127. The van der Waals surface area contributed by atoms with E-state index in [-0.39, 0.29) is 5.91 Å². The second-order valence-electron chi connectivity index (χ2n) is 4.71. The summed E-state index contributed by atoms with van der Waals surface area (Å²) in [4.78, 5) is 13.8. The molecule has 2 heterocycles. The summed E-state index contributed by atoms with van der Waals surface area (Å²) in [7, 11) is 0. The lowest BCUT2D eigenvalue weighted by atomic mass is 10.4. The summed E-state index contributed by atoms with van der Waals surface area (Å²) in [5.41, 5.74) is 0.834. The van der Waals surface area contributed by atoms with Crippen molar-refractivity contribution in [3.05, 3.63) is 17.5 Å². The zero-order valence-corrected chi connectivity index (χ0v) is 15.0. The smallest absolute Gasteiger partial charge is 0.233 e. The maximum Gasteiger partial charge on any atom is 0.233 e. The number of nitrogens with zero attached hydrogens (tertiary/aromatic N) is 5. The van der Waals surface area contributed by atoms with Gasteiger partial charge in [-0.1, -0.05) is 28.7 Å². The molecule has 0 unspecified atom stereocenters. The van der Waals surface area contributed by atoms with E-state index in [9.17, 15) is 4.79 Å². The molecule has 2 rings (SSSR count). The molecule has 0 saturated heterocycles. The number of nitrogens with two attached hydrogens (primary N) is 1. The molecule has 126 valence electrons. The highest BCUT2D eigenvalue weighted by Gasteiger charge is 2.15.